The second-order valence-corrected chi connectivity index (χ2v) is 4.43. The van der Waals surface area contributed by atoms with Crippen LogP contribution in [0.15, 0.2) is 0 Å². The number of carbonyl (C=O) groups is 2. The van der Waals surface area contributed by atoms with E-state index in [0.717, 1.165) is 19.3 Å². The van der Waals surface area contributed by atoms with Crippen LogP contribution >= 0.6 is 0 Å². The molecule has 1 aliphatic carbocycles. The molecule has 0 aromatic heterocycles. The zero-order valence-corrected chi connectivity index (χ0v) is 10.1. The van der Waals surface area contributed by atoms with Crippen molar-refractivity contribution in [1.82, 2.24) is 5.32 Å². The molecule has 1 saturated carbocycles. The first-order valence-electron chi connectivity index (χ1n) is 6.04. The van der Waals surface area contributed by atoms with E-state index in [1.54, 1.807) is 0 Å². The van der Waals surface area contributed by atoms with Crippen molar-refractivity contribution >= 4 is 11.7 Å². The van der Waals surface area contributed by atoms with Crippen LogP contribution in [0.4, 0.5) is 0 Å². The first kappa shape index (κ1) is 13.2. The molecule has 0 heterocycles. The van der Waals surface area contributed by atoms with Crippen LogP contribution in [0.1, 0.15) is 46.0 Å². The van der Waals surface area contributed by atoms with Crippen molar-refractivity contribution in [2.75, 3.05) is 6.61 Å². The van der Waals surface area contributed by atoms with Gasteiger partial charge in [0.1, 0.15) is 12.4 Å². The minimum absolute atomic E-state index is 0.0637. The highest BCUT2D eigenvalue weighted by atomic mass is 16.5. The topological polar surface area (TPSA) is 55.4 Å². The van der Waals surface area contributed by atoms with E-state index >= 15 is 0 Å². The Balaban J connectivity index is 2.14. The van der Waals surface area contributed by atoms with Crippen molar-refractivity contribution in [3.05, 3.63) is 0 Å². The van der Waals surface area contributed by atoms with Gasteiger partial charge in [-0.1, -0.05) is 6.92 Å². The van der Waals surface area contributed by atoms with E-state index < -0.39 is 0 Å². The fourth-order valence-corrected chi connectivity index (χ4v) is 1.69. The number of hydrogen-bond donors (Lipinski definition) is 1. The molecule has 4 nitrogen and oxygen atoms in total. The van der Waals surface area contributed by atoms with E-state index in [9.17, 15) is 9.59 Å². The molecule has 0 spiro atoms. The summed E-state index contributed by atoms with van der Waals surface area (Å²) in [6, 6.07) is 0.198. The van der Waals surface area contributed by atoms with Gasteiger partial charge in [0.2, 0.25) is 5.91 Å². The molecule has 4 heteroatoms. The Morgan fingerprint density at radius 3 is 2.69 bits per heavy atom. The Kier molecular flexibility index (Phi) is 5.46. The molecule has 0 saturated heterocycles. The van der Waals surface area contributed by atoms with Crippen molar-refractivity contribution in [2.24, 2.45) is 0 Å². The van der Waals surface area contributed by atoms with E-state index in [1.165, 1.54) is 0 Å². The van der Waals surface area contributed by atoms with Crippen LogP contribution in [0.2, 0.25) is 0 Å². The van der Waals surface area contributed by atoms with E-state index in [2.05, 4.69) is 5.32 Å². The fraction of sp³-hybridized carbons (Fsp3) is 0.833. The molecule has 0 bridgehead atoms. The monoisotopic (exact) mass is 227 g/mol. The number of hydrogen-bond acceptors (Lipinski definition) is 3. The highest BCUT2D eigenvalue weighted by Crippen LogP contribution is 2.17. The normalized spacial score (nSPS) is 19.5. The maximum atomic E-state index is 11.4. The lowest BCUT2D eigenvalue weighted by atomic mass is 9.96. The second kappa shape index (κ2) is 6.63. The number of ketones is 1. The van der Waals surface area contributed by atoms with E-state index in [4.69, 9.17) is 4.74 Å². The van der Waals surface area contributed by atoms with Gasteiger partial charge in [-0.2, -0.15) is 0 Å². The van der Waals surface area contributed by atoms with Gasteiger partial charge in [0, 0.05) is 18.9 Å². The summed E-state index contributed by atoms with van der Waals surface area (Å²) in [5, 5.41) is 2.85. The highest BCUT2D eigenvalue weighted by Gasteiger charge is 2.19. The van der Waals surface area contributed by atoms with Gasteiger partial charge in [-0.05, 0) is 26.2 Å². The maximum Gasteiger partial charge on any atom is 0.246 e. The van der Waals surface area contributed by atoms with Crippen LogP contribution in [-0.2, 0) is 14.3 Å². The van der Waals surface area contributed by atoms with Gasteiger partial charge in [-0.25, -0.2) is 0 Å². The van der Waals surface area contributed by atoms with Crippen LogP contribution in [0.25, 0.3) is 0 Å². The summed E-state index contributed by atoms with van der Waals surface area (Å²) in [6.07, 6.45) is 3.71. The van der Waals surface area contributed by atoms with Crippen molar-refractivity contribution < 1.29 is 14.3 Å². The number of rotatable bonds is 5. The molecule has 0 aromatic rings. The number of carbonyl (C=O) groups excluding carboxylic acids is 2. The Bertz CT molecular complexity index is 243. The molecule has 1 atom stereocenters. The predicted octanol–water partition coefficient (Wildman–Crippen LogP) is 1.43. The lowest BCUT2D eigenvalue weighted by Gasteiger charge is -2.21. The summed E-state index contributed by atoms with van der Waals surface area (Å²) in [4.78, 5) is 22.4. The van der Waals surface area contributed by atoms with Gasteiger partial charge in [0.25, 0.3) is 0 Å². The molecule has 1 rings (SSSR count). The van der Waals surface area contributed by atoms with Gasteiger partial charge in [-0.3, -0.25) is 9.59 Å². The minimum Gasteiger partial charge on any atom is -0.368 e. The summed E-state index contributed by atoms with van der Waals surface area (Å²) >= 11 is 0. The zero-order chi connectivity index (χ0) is 12.0. The van der Waals surface area contributed by atoms with E-state index in [-0.39, 0.29) is 24.7 Å². The van der Waals surface area contributed by atoms with Crippen LogP contribution in [0.5, 0.6) is 0 Å². The lowest BCUT2D eigenvalue weighted by Crippen LogP contribution is -2.36. The average molecular weight is 227 g/mol. The highest BCUT2D eigenvalue weighted by molar-refractivity contribution is 5.79. The van der Waals surface area contributed by atoms with Crippen LogP contribution in [-0.4, -0.2) is 30.4 Å². The second-order valence-electron chi connectivity index (χ2n) is 4.43. The number of amides is 1. The quantitative estimate of drug-likeness (QED) is 0.773. The molecular weight excluding hydrogens is 206 g/mol. The maximum absolute atomic E-state index is 11.4. The first-order valence-corrected chi connectivity index (χ1v) is 6.04. The van der Waals surface area contributed by atoms with Gasteiger partial charge in [-0.15, -0.1) is 0 Å². The van der Waals surface area contributed by atoms with Crippen LogP contribution in [0.3, 0.4) is 0 Å². The standard InChI is InChI=1S/C12H21NO3/c1-3-9(2)13-12(15)8-16-11-6-4-10(14)5-7-11/h9,11H,3-8H2,1-2H3,(H,13,15). The van der Waals surface area contributed by atoms with E-state index in [1.807, 2.05) is 13.8 Å². The van der Waals surface area contributed by atoms with Crippen molar-refractivity contribution in [1.29, 1.82) is 0 Å². The fourth-order valence-electron chi connectivity index (χ4n) is 1.69. The average Bonchev–Trinajstić information content (AvgIpc) is 2.28. The molecule has 0 aromatic carbocycles. The Labute approximate surface area is 96.7 Å². The molecular formula is C12H21NO3. The smallest absolute Gasteiger partial charge is 0.246 e. The van der Waals surface area contributed by atoms with Crippen molar-refractivity contribution in [2.45, 2.75) is 58.1 Å². The van der Waals surface area contributed by atoms with Crippen molar-refractivity contribution in [3.63, 3.8) is 0 Å². The molecule has 0 aliphatic heterocycles. The third-order valence-corrected chi connectivity index (χ3v) is 2.96. The zero-order valence-electron chi connectivity index (χ0n) is 10.1. The SMILES string of the molecule is CCC(C)NC(=O)COC1CCC(=O)CC1. The number of Topliss-reactive ketones (excluding diaryl/α,β-unsaturated/α-hetero) is 1. The molecule has 0 radical (unpaired) electrons. The van der Waals surface area contributed by atoms with Crippen molar-refractivity contribution in [3.8, 4) is 0 Å². The summed E-state index contributed by atoms with van der Waals surface area (Å²) in [5.41, 5.74) is 0. The number of ether oxygens (including phenoxy) is 1. The minimum atomic E-state index is -0.0637. The Morgan fingerprint density at radius 2 is 2.12 bits per heavy atom. The molecule has 16 heavy (non-hydrogen) atoms. The van der Waals surface area contributed by atoms with E-state index in [0.29, 0.717) is 18.6 Å². The third kappa shape index (κ3) is 4.75. The van der Waals surface area contributed by atoms with Crippen LogP contribution in [0, 0.1) is 0 Å². The first-order chi connectivity index (χ1) is 7.61. The molecule has 1 amide bonds. The largest absolute Gasteiger partial charge is 0.368 e. The Hall–Kier alpha value is -0.900. The van der Waals surface area contributed by atoms with Gasteiger partial charge < -0.3 is 10.1 Å². The summed E-state index contributed by atoms with van der Waals surface area (Å²) in [5.74, 6) is 0.246. The Morgan fingerprint density at radius 1 is 1.50 bits per heavy atom. The molecule has 1 N–H and O–H groups in total. The molecule has 92 valence electrons. The van der Waals surface area contributed by atoms with Crippen LogP contribution < -0.4 is 5.32 Å². The number of nitrogens with one attached hydrogen (secondary N) is 1. The molecule has 1 fully saturated rings. The summed E-state index contributed by atoms with van der Waals surface area (Å²) in [7, 11) is 0. The van der Waals surface area contributed by atoms with Gasteiger partial charge >= 0.3 is 0 Å². The van der Waals surface area contributed by atoms with Gasteiger partial charge in [0.15, 0.2) is 0 Å². The summed E-state index contributed by atoms with van der Waals surface area (Å²) < 4.78 is 5.47. The molecule has 1 unspecified atom stereocenters. The predicted molar refractivity (Wildman–Crippen MR) is 61.1 cm³/mol. The molecule has 1 aliphatic rings. The lowest BCUT2D eigenvalue weighted by molar-refractivity contribution is -0.130. The summed E-state index contributed by atoms with van der Waals surface area (Å²) in [6.45, 7) is 4.11. The van der Waals surface area contributed by atoms with Gasteiger partial charge in [0.05, 0.1) is 6.10 Å². The third-order valence-electron chi connectivity index (χ3n) is 2.96.